The number of aliphatic hydroxyl groups excluding tert-OH is 1. The Morgan fingerprint density at radius 1 is 1.22 bits per heavy atom. The molecule has 1 amide bonds. The monoisotopic (exact) mass is 326 g/mol. The topological polar surface area (TPSA) is 62.2 Å². The van der Waals surface area contributed by atoms with E-state index in [1.54, 1.807) is 17.5 Å². The number of hydrogen-bond donors (Lipinski definition) is 2. The molecule has 0 radical (unpaired) electrons. The molecule has 118 valence electrons. The highest BCUT2D eigenvalue weighted by molar-refractivity contribution is 7.19. The number of nitrogens with zero attached hydrogens (tertiary/aromatic N) is 1. The summed E-state index contributed by atoms with van der Waals surface area (Å²) >= 11 is 1.56. The van der Waals surface area contributed by atoms with E-state index in [4.69, 9.17) is 0 Å². The Labute approximate surface area is 138 Å². The van der Waals surface area contributed by atoms with Gasteiger partial charge in [0.1, 0.15) is 6.10 Å². The average molecular weight is 326 g/mol. The van der Waals surface area contributed by atoms with E-state index in [0.29, 0.717) is 12.8 Å². The molecule has 3 aromatic rings. The van der Waals surface area contributed by atoms with E-state index < -0.39 is 6.10 Å². The molecule has 0 aliphatic heterocycles. The predicted octanol–water partition coefficient (Wildman–Crippen LogP) is 3.08. The number of nitrogens with one attached hydrogen (secondary N) is 1. The molecule has 1 aromatic carbocycles. The molecule has 0 aliphatic rings. The number of hydrogen-bond acceptors (Lipinski definition) is 4. The smallest absolute Gasteiger partial charge is 0.220 e. The van der Waals surface area contributed by atoms with Crippen molar-refractivity contribution >= 4 is 27.3 Å². The molecule has 2 N–H and O–H groups in total. The summed E-state index contributed by atoms with van der Waals surface area (Å²) in [7, 11) is 0. The van der Waals surface area contributed by atoms with Gasteiger partial charge in [0.05, 0.1) is 0 Å². The summed E-state index contributed by atoms with van der Waals surface area (Å²) in [6.07, 6.45) is 2.02. The summed E-state index contributed by atoms with van der Waals surface area (Å²) in [5.74, 6) is -0.0733. The molecule has 0 aliphatic carbocycles. The molecule has 3 rings (SSSR count). The highest BCUT2D eigenvalue weighted by Crippen LogP contribution is 2.29. The van der Waals surface area contributed by atoms with Gasteiger partial charge in [-0.05, 0) is 36.1 Å². The normalized spacial score (nSPS) is 12.2. The van der Waals surface area contributed by atoms with Gasteiger partial charge in [0.25, 0.3) is 0 Å². The standard InChI is InChI=1S/C18H18N2O2S/c21-15(17-11-13-5-1-2-7-16(13)23-17)12-20-18(22)9-8-14-6-3-4-10-19-14/h1-7,10-11,15,21H,8-9,12H2,(H,20,22)/t15-/m0/s1. The van der Waals surface area contributed by atoms with Crippen molar-refractivity contribution in [2.24, 2.45) is 0 Å². The second-order valence-corrected chi connectivity index (χ2v) is 6.44. The van der Waals surface area contributed by atoms with Crippen LogP contribution in [0.4, 0.5) is 0 Å². The molecule has 2 aromatic heterocycles. The Bertz CT molecular complexity index is 753. The number of carbonyl (C=O) groups excluding carboxylic acids is 1. The summed E-state index contributed by atoms with van der Waals surface area (Å²) in [6, 6.07) is 15.6. The number of aromatic nitrogens is 1. The van der Waals surface area contributed by atoms with Crippen LogP contribution >= 0.6 is 11.3 Å². The van der Waals surface area contributed by atoms with Crippen molar-refractivity contribution in [1.82, 2.24) is 10.3 Å². The maximum Gasteiger partial charge on any atom is 0.220 e. The lowest BCUT2D eigenvalue weighted by molar-refractivity contribution is -0.121. The van der Waals surface area contributed by atoms with Crippen molar-refractivity contribution in [1.29, 1.82) is 0 Å². The quantitative estimate of drug-likeness (QED) is 0.732. The lowest BCUT2D eigenvalue weighted by atomic mass is 10.2. The molecular weight excluding hydrogens is 308 g/mol. The first kappa shape index (κ1) is 15.6. The molecule has 0 spiro atoms. The zero-order valence-corrected chi connectivity index (χ0v) is 13.4. The highest BCUT2D eigenvalue weighted by atomic mass is 32.1. The van der Waals surface area contributed by atoms with Crippen LogP contribution in [0.5, 0.6) is 0 Å². The highest BCUT2D eigenvalue weighted by Gasteiger charge is 2.12. The number of pyridine rings is 1. The van der Waals surface area contributed by atoms with Gasteiger partial charge in [-0.25, -0.2) is 0 Å². The number of carbonyl (C=O) groups is 1. The Morgan fingerprint density at radius 2 is 2.04 bits per heavy atom. The van der Waals surface area contributed by atoms with Crippen LogP contribution in [0.1, 0.15) is 23.1 Å². The van der Waals surface area contributed by atoms with Crippen LogP contribution in [0.25, 0.3) is 10.1 Å². The van der Waals surface area contributed by atoms with Crippen LogP contribution in [-0.2, 0) is 11.2 Å². The molecular formula is C18H18N2O2S. The van der Waals surface area contributed by atoms with Gasteiger partial charge in [0.2, 0.25) is 5.91 Å². The van der Waals surface area contributed by atoms with Gasteiger partial charge in [-0.3, -0.25) is 9.78 Å². The molecule has 0 bridgehead atoms. The third-order valence-electron chi connectivity index (χ3n) is 3.60. The minimum Gasteiger partial charge on any atom is -0.386 e. The van der Waals surface area contributed by atoms with Gasteiger partial charge in [0.15, 0.2) is 0 Å². The molecule has 4 nitrogen and oxygen atoms in total. The molecule has 0 saturated carbocycles. The third kappa shape index (κ3) is 4.15. The van der Waals surface area contributed by atoms with Crippen molar-refractivity contribution in [3.8, 4) is 0 Å². The molecule has 0 unspecified atom stereocenters. The largest absolute Gasteiger partial charge is 0.386 e. The second-order valence-electron chi connectivity index (χ2n) is 5.33. The van der Waals surface area contributed by atoms with Crippen LogP contribution in [0, 0.1) is 0 Å². The fraction of sp³-hybridized carbons (Fsp3) is 0.222. The number of aliphatic hydroxyl groups is 1. The summed E-state index contributed by atoms with van der Waals surface area (Å²) in [5.41, 5.74) is 0.896. The number of thiophene rings is 1. The summed E-state index contributed by atoms with van der Waals surface area (Å²) in [6.45, 7) is 0.230. The molecule has 0 fully saturated rings. The van der Waals surface area contributed by atoms with E-state index in [1.165, 1.54) is 0 Å². The van der Waals surface area contributed by atoms with Crippen LogP contribution in [0.3, 0.4) is 0 Å². The minimum atomic E-state index is -0.675. The Morgan fingerprint density at radius 3 is 2.83 bits per heavy atom. The maximum atomic E-state index is 11.9. The number of aryl methyl sites for hydroxylation is 1. The second kappa shape index (κ2) is 7.35. The van der Waals surface area contributed by atoms with Crippen molar-refractivity contribution < 1.29 is 9.90 Å². The summed E-state index contributed by atoms with van der Waals surface area (Å²) < 4.78 is 1.14. The van der Waals surface area contributed by atoms with Gasteiger partial charge in [-0.1, -0.05) is 24.3 Å². The Balaban J connectivity index is 1.50. The molecule has 2 heterocycles. The van der Waals surface area contributed by atoms with E-state index in [0.717, 1.165) is 20.7 Å². The van der Waals surface area contributed by atoms with Crippen LogP contribution in [0.15, 0.2) is 54.7 Å². The van der Waals surface area contributed by atoms with Crippen molar-refractivity contribution in [2.45, 2.75) is 18.9 Å². The predicted molar refractivity (Wildman–Crippen MR) is 92.4 cm³/mol. The number of rotatable bonds is 6. The first-order valence-corrected chi connectivity index (χ1v) is 8.37. The molecule has 23 heavy (non-hydrogen) atoms. The van der Waals surface area contributed by atoms with Crippen LogP contribution in [-0.4, -0.2) is 22.5 Å². The van der Waals surface area contributed by atoms with Crippen LogP contribution in [0.2, 0.25) is 0 Å². The number of fused-ring (bicyclic) bond motifs is 1. The summed E-state index contributed by atoms with van der Waals surface area (Å²) in [4.78, 5) is 16.9. The van der Waals surface area contributed by atoms with E-state index in [1.807, 2.05) is 48.5 Å². The van der Waals surface area contributed by atoms with Gasteiger partial charge in [-0.15, -0.1) is 11.3 Å². The third-order valence-corrected chi connectivity index (χ3v) is 4.82. The van der Waals surface area contributed by atoms with Gasteiger partial charge in [-0.2, -0.15) is 0 Å². The maximum absolute atomic E-state index is 11.9. The van der Waals surface area contributed by atoms with E-state index in [-0.39, 0.29) is 12.5 Å². The van der Waals surface area contributed by atoms with Gasteiger partial charge >= 0.3 is 0 Å². The zero-order chi connectivity index (χ0) is 16.1. The first-order valence-electron chi connectivity index (χ1n) is 7.55. The lowest BCUT2D eigenvalue weighted by Crippen LogP contribution is -2.28. The molecule has 0 saturated heterocycles. The van der Waals surface area contributed by atoms with Gasteiger partial charge in [0, 0.05) is 34.4 Å². The van der Waals surface area contributed by atoms with Crippen molar-refractivity contribution in [3.05, 3.63) is 65.3 Å². The lowest BCUT2D eigenvalue weighted by Gasteiger charge is -2.10. The van der Waals surface area contributed by atoms with E-state index in [2.05, 4.69) is 10.3 Å². The fourth-order valence-electron chi connectivity index (χ4n) is 2.35. The Hall–Kier alpha value is -2.24. The fourth-order valence-corrected chi connectivity index (χ4v) is 3.40. The van der Waals surface area contributed by atoms with Crippen LogP contribution < -0.4 is 5.32 Å². The number of amides is 1. The van der Waals surface area contributed by atoms with Gasteiger partial charge < -0.3 is 10.4 Å². The minimum absolute atomic E-state index is 0.0733. The average Bonchev–Trinajstić information content (AvgIpc) is 3.03. The SMILES string of the molecule is O=C(CCc1ccccn1)NC[C@H](O)c1cc2ccccc2s1. The molecule has 1 atom stereocenters. The van der Waals surface area contributed by atoms with E-state index in [9.17, 15) is 9.90 Å². The first-order chi connectivity index (χ1) is 11.2. The van der Waals surface area contributed by atoms with Crippen molar-refractivity contribution in [3.63, 3.8) is 0 Å². The Kier molecular flexibility index (Phi) is 5.00. The number of benzene rings is 1. The van der Waals surface area contributed by atoms with E-state index >= 15 is 0 Å². The summed E-state index contributed by atoms with van der Waals surface area (Å²) in [5, 5.41) is 14.1. The molecule has 5 heteroatoms. The van der Waals surface area contributed by atoms with Crippen molar-refractivity contribution in [2.75, 3.05) is 6.54 Å². The zero-order valence-electron chi connectivity index (χ0n) is 12.6.